The third-order valence-electron chi connectivity index (χ3n) is 2.65. The van der Waals surface area contributed by atoms with Crippen LogP contribution in [-0.4, -0.2) is 4.98 Å². The molecule has 0 spiro atoms. The maximum atomic E-state index is 12.5. The summed E-state index contributed by atoms with van der Waals surface area (Å²) in [6.07, 6.45) is -3.33. The number of hydrogen-bond acceptors (Lipinski definition) is 3. The first-order valence-corrected chi connectivity index (χ1v) is 5.93. The normalized spacial score (nSPS) is 11.4. The Labute approximate surface area is 114 Å². The van der Waals surface area contributed by atoms with Crippen molar-refractivity contribution in [3.63, 3.8) is 0 Å². The molecule has 0 aliphatic carbocycles. The second kappa shape index (κ2) is 5.92. The van der Waals surface area contributed by atoms with E-state index >= 15 is 0 Å². The van der Waals surface area contributed by atoms with Gasteiger partial charge in [-0.3, -0.25) is 4.98 Å². The van der Waals surface area contributed by atoms with Crippen LogP contribution in [0.2, 0.25) is 0 Å². The van der Waals surface area contributed by atoms with Gasteiger partial charge in [0.05, 0.1) is 0 Å². The molecule has 0 bridgehead atoms. The van der Waals surface area contributed by atoms with Crippen LogP contribution in [0.5, 0.6) is 5.75 Å². The van der Waals surface area contributed by atoms with E-state index in [0.29, 0.717) is 17.9 Å². The molecule has 0 aliphatic rings. The Balaban J connectivity index is 2.07. The highest BCUT2D eigenvalue weighted by atomic mass is 19.4. The number of rotatable bonds is 4. The molecule has 1 heterocycles. The number of nitrogens with zero attached hydrogens (tertiary/aromatic N) is 1. The molecule has 2 N–H and O–H groups in total. The summed E-state index contributed by atoms with van der Waals surface area (Å²) in [6.45, 7) is 0.421. The zero-order valence-corrected chi connectivity index (χ0v) is 10.5. The molecular formula is C14H13F3N2O. The maximum Gasteiger partial charge on any atom is 0.433 e. The molecule has 0 atom stereocenters. The van der Waals surface area contributed by atoms with E-state index in [1.54, 1.807) is 18.2 Å². The van der Waals surface area contributed by atoms with Crippen molar-refractivity contribution in [2.75, 3.05) is 0 Å². The first kappa shape index (κ1) is 14.3. The zero-order valence-electron chi connectivity index (χ0n) is 10.5. The third-order valence-corrected chi connectivity index (χ3v) is 2.65. The predicted octanol–water partition coefficient (Wildman–Crippen LogP) is 3.14. The first-order valence-electron chi connectivity index (χ1n) is 5.93. The fourth-order valence-electron chi connectivity index (χ4n) is 1.65. The minimum absolute atomic E-state index is 0.0413. The summed E-state index contributed by atoms with van der Waals surface area (Å²) < 4.78 is 43.0. The highest BCUT2D eigenvalue weighted by Crippen LogP contribution is 2.28. The molecular weight excluding hydrogens is 269 g/mol. The van der Waals surface area contributed by atoms with Crippen LogP contribution in [0.3, 0.4) is 0 Å². The second-order valence-electron chi connectivity index (χ2n) is 4.19. The molecule has 0 unspecified atom stereocenters. The van der Waals surface area contributed by atoms with Crippen molar-refractivity contribution in [1.29, 1.82) is 0 Å². The molecule has 106 valence electrons. The van der Waals surface area contributed by atoms with E-state index in [4.69, 9.17) is 10.5 Å². The topological polar surface area (TPSA) is 48.1 Å². The number of pyridine rings is 1. The van der Waals surface area contributed by atoms with Gasteiger partial charge >= 0.3 is 6.18 Å². The van der Waals surface area contributed by atoms with E-state index in [1.165, 1.54) is 6.07 Å². The van der Waals surface area contributed by atoms with Crippen molar-refractivity contribution in [2.24, 2.45) is 5.73 Å². The third kappa shape index (κ3) is 3.71. The summed E-state index contributed by atoms with van der Waals surface area (Å²) in [5, 5.41) is 0. The highest BCUT2D eigenvalue weighted by molar-refractivity contribution is 5.29. The molecule has 3 nitrogen and oxygen atoms in total. The number of nitrogens with two attached hydrogens (primary N) is 1. The number of hydrogen-bond donors (Lipinski definition) is 1. The summed E-state index contributed by atoms with van der Waals surface area (Å²) in [4.78, 5) is 3.30. The minimum atomic E-state index is -4.45. The van der Waals surface area contributed by atoms with Crippen LogP contribution in [0.25, 0.3) is 0 Å². The first-order chi connectivity index (χ1) is 9.49. The molecule has 2 rings (SSSR count). The Morgan fingerprint density at radius 1 is 1.10 bits per heavy atom. The molecule has 1 aromatic carbocycles. The van der Waals surface area contributed by atoms with Crippen molar-refractivity contribution in [3.05, 3.63) is 59.4 Å². The van der Waals surface area contributed by atoms with Crippen LogP contribution < -0.4 is 10.5 Å². The van der Waals surface area contributed by atoms with Crippen molar-refractivity contribution >= 4 is 0 Å². The van der Waals surface area contributed by atoms with Gasteiger partial charge in [-0.1, -0.05) is 12.1 Å². The highest BCUT2D eigenvalue weighted by Gasteiger charge is 2.32. The Bertz CT molecular complexity index is 585. The van der Waals surface area contributed by atoms with Gasteiger partial charge in [-0.05, 0) is 35.4 Å². The van der Waals surface area contributed by atoms with Gasteiger partial charge in [0.15, 0.2) is 0 Å². The maximum absolute atomic E-state index is 12.5. The smallest absolute Gasteiger partial charge is 0.433 e. The molecule has 0 saturated carbocycles. The van der Waals surface area contributed by atoms with Gasteiger partial charge in [0.25, 0.3) is 0 Å². The van der Waals surface area contributed by atoms with E-state index < -0.39 is 11.9 Å². The molecule has 1 aromatic heterocycles. The van der Waals surface area contributed by atoms with Crippen molar-refractivity contribution in [2.45, 2.75) is 19.3 Å². The van der Waals surface area contributed by atoms with Gasteiger partial charge in [-0.25, -0.2) is 0 Å². The van der Waals surface area contributed by atoms with E-state index in [1.807, 2.05) is 6.07 Å². The predicted molar refractivity (Wildman–Crippen MR) is 67.9 cm³/mol. The Kier molecular flexibility index (Phi) is 4.24. The molecule has 0 radical (unpaired) electrons. The number of benzene rings is 1. The molecule has 20 heavy (non-hydrogen) atoms. The minimum Gasteiger partial charge on any atom is -0.489 e. The van der Waals surface area contributed by atoms with Crippen LogP contribution in [0.15, 0.2) is 42.6 Å². The number of halogens is 3. The lowest BCUT2D eigenvalue weighted by Gasteiger charge is -2.10. The van der Waals surface area contributed by atoms with Crippen LogP contribution in [0.1, 0.15) is 16.8 Å². The molecule has 0 fully saturated rings. The molecule has 0 aliphatic heterocycles. The lowest BCUT2D eigenvalue weighted by Crippen LogP contribution is -2.09. The molecule has 6 heteroatoms. The quantitative estimate of drug-likeness (QED) is 0.937. The number of aromatic nitrogens is 1. The fraction of sp³-hybridized carbons (Fsp3) is 0.214. The fourth-order valence-corrected chi connectivity index (χ4v) is 1.65. The van der Waals surface area contributed by atoms with E-state index in [9.17, 15) is 13.2 Å². The summed E-state index contributed by atoms with van der Waals surface area (Å²) in [7, 11) is 0. The Morgan fingerprint density at radius 3 is 2.60 bits per heavy atom. The summed E-state index contributed by atoms with van der Waals surface area (Å²) in [6, 6.07) is 9.58. The van der Waals surface area contributed by atoms with Crippen LogP contribution in [0.4, 0.5) is 13.2 Å². The second-order valence-corrected chi connectivity index (χ2v) is 4.19. The number of ether oxygens (including phenoxy) is 1. The lowest BCUT2D eigenvalue weighted by atomic mass is 10.2. The standard InChI is InChI=1S/C14H13F3N2O/c15-14(16,17)13-7-11(4-5-19-13)9-20-12-3-1-2-10(6-12)8-18/h1-7H,8-9,18H2. The van der Waals surface area contributed by atoms with Crippen LogP contribution >= 0.6 is 0 Å². The summed E-state index contributed by atoms with van der Waals surface area (Å²) >= 11 is 0. The Morgan fingerprint density at radius 2 is 1.90 bits per heavy atom. The van der Waals surface area contributed by atoms with E-state index in [0.717, 1.165) is 17.8 Å². The SMILES string of the molecule is NCc1cccc(OCc2ccnc(C(F)(F)F)c2)c1. The molecule has 0 amide bonds. The van der Waals surface area contributed by atoms with Gasteiger partial charge in [0.2, 0.25) is 0 Å². The lowest BCUT2D eigenvalue weighted by molar-refractivity contribution is -0.141. The van der Waals surface area contributed by atoms with E-state index in [-0.39, 0.29) is 6.61 Å². The molecule has 0 saturated heterocycles. The monoisotopic (exact) mass is 282 g/mol. The summed E-state index contributed by atoms with van der Waals surface area (Å²) in [5.41, 5.74) is 5.89. The Hall–Kier alpha value is -2.08. The van der Waals surface area contributed by atoms with Crippen molar-refractivity contribution in [3.8, 4) is 5.75 Å². The van der Waals surface area contributed by atoms with Crippen LogP contribution in [0, 0.1) is 0 Å². The van der Waals surface area contributed by atoms with E-state index in [2.05, 4.69) is 4.98 Å². The van der Waals surface area contributed by atoms with Gasteiger partial charge in [-0.15, -0.1) is 0 Å². The average Bonchev–Trinajstić information content (AvgIpc) is 2.45. The molecule has 2 aromatic rings. The van der Waals surface area contributed by atoms with Gasteiger partial charge in [0.1, 0.15) is 18.1 Å². The number of alkyl halides is 3. The van der Waals surface area contributed by atoms with Crippen molar-refractivity contribution < 1.29 is 17.9 Å². The van der Waals surface area contributed by atoms with Crippen molar-refractivity contribution in [1.82, 2.24) is 4.98 Å². The average molecular weight is 282 g/mol. The zero-order chi connectivity index (χ0) is 14.6. The van der Waals surface area contributed by atoms with Crippen LogP contribution in [-0.2, 0) is 19.3 Å². The van der Waals surface area contributed by atoms with Gasteiger partial charge in [-0.2, -0.15) is 13.2 Å². The summed E-state index contributed by atoms with van der Waals surface area (Å²) in [5.74, 6) is 0.568. The van der Waals surface area contributed by atoms with Gasteiger partial charge in [0, 0.05) is 12.7 Å². The van der Waals surface area contributed by atoms with Gasteiger partial charge < -0.3 is 10.5 Å². The largest absolute Gasteiger partial charge is 0.489 e.